The van der Waals surface area contributed by atoms with Crippen LogP contribution in [0, 0.1) is 5.92 Å². The minimum absolute atomic E-state index is 0.00217. The molecule has 4 N–H and O–H groups in total. The van der Waals surface area contributed by atoms with Gasteiger partial charge in [-0.15, -0.1) is 0 Å². The number of carbonyl (C=O) groups is 2. The highest BCUT2D eigenvalue weighted by atomic mass is 16.5. The number of carbonyl (C=O) groups excluding carboxylic acids is 1. The van der Waals surface area contributed by atoms with Gasteiger partial charge in [0.05, 0.1) is 0 Å². The lowest BCUT2D eigenvalue weighted by Gasteiger charge is -2.31. The van der Waals surface area contributed by atoms with Crippen molar-refractivity contribution in [2.75, 3.05) is 19.8 Å². The molecule has 1 aromatic rings. The Hall–Kier alpha value is -2.12. The van der Waals surface area contributed by atoms with Crippen LogP contribution in [0.15, 0.2) is 30.3 Å². The largest absolute Gasteiger partial charge is 0.481 e. The fraction of sp³-hybridized carbons (Fsp3) is 0.600. The summed E-state index contributed by atoms with van der Waals surface area (Å²) in [5.41, 5.74) is 1.05. The molecular formula is C20H30N2O5. The second-order valence-electron chi connectivity index (χ2n) is 7.01. The zero-order chi connectivity index (χ0) is 19.5. The van der Waals surface area contributed by atoms with Crippen molar-refractivity contribution in [3.63, 3.8) is 0 Å². The van der Waals surface area contributed by atoms with E-state index in [-0.39, 0.29) is 37.1 Å². The highest BCUT2D eigenvalue weighted by Crippen LogP contribution is 2.20. The lowest BCUT2D eigenvalue weighted by molar-refractivity contribution is -0.137. The molecule has 27 heavy (non-hydrogen) atoms. The summed E-state index contributed by atoms with van der Waals surface area (Å²) in [5, 5.41) is 24.2. The number of carboxylic acids is 1. The Labute approximate surface area is 160 Å². The highest BCUT2D eigenvalue weighted by molar-refractivity contribution is 5.74. The van der Waals surface area contributed by atoms with Gasteiger partial charge in [-0.05, 0) is 43.6 Å². The van der Waals surface area contributed by atoms with Crippen molar-refractivity contribution >= 4 is 12.0 Å². The van der Waals surface area contributed by atoms with Crippen molar-refractivity contribution in [3.05, 3.63) is 35.9 Å². The molecule has 1 aliphatic heterocycles. The molecule has 0 aromatic heterocycles. The van der Waals surface area contributed by atoms with E-state index in [0.29, 0.717) is 32.5 Å². The van der Waals surface area contributed by atoms with Gasteiger partial charge < -0.3 is 25.6 Å². The van der Waals surface area contributed by atoms with E-state index in [1.807, 2.05) is 30.3 Å². The average Bonchev–Trinajstić information content (AvgIpc) is 2.67. The van der Waals surface area contributed by atoms with Crippen LogP contribution in [-0.2, 0) is 16.0 Å². The minimum atomic E-state index is -0.879. The number of nitrogens with one attached hydrogen (secondary N) is 2. The van der Waals surface area contributed by atoms with E-state index in [2.05, 4.69) is 10.6 Å². The van der Waals surface area contributed by atoms with Crippen LogP contribution in [0.2, 0.25) is 0 Å². The normalized spacial score (nSPS) is 17.1. The first-order valence-electron chi connectivity index (χ1n) is 9.60. The van der Waals surface area contributed by atoms with Gasteiger partial charge in [-0.1, -0.05) is 30.3 Å². The molecule has 7 heteroatoms. The van der Waals surface area contributed by atoms with Gasteiger partial charge in [0.25, 0.3) is 0 Å². The smallest absolute Gasteiger partial charge is 0.315 e. The van der Waals surface area contributed by atoms with E-state index in [0.717, 1.165) is 18.4 Å². The molecule has 0 bridgehead atoms. The number of carboxylic acid groups (broad SMARTS) is 1. The van der Waals surface area contributed by atoms with Gasteiger partial charge in [0.1, 0.15) is 0 Å². The molecule has 0 saturated carbocycles. The maximum absolute atomic E-state index is 12.5. The van der Waals surface area contributed by atoms with E-state index in [1.54, 1.807) is 0 Å². The third kappa shape index (κ3) is 7.97. The second kappa shape index (κ2) is 11.6. The maximum atomic E-state index is 12.5. The number of urea groups is 1. The van der Waals surface area contributed by atoms with E-state index >= 15 is 0 Å². The van der Waals surface area contributed by atoms with Crippen LogP contribution < -0.4 is 10.6 Å². The fourth-order valence-electron chi connectivity index (χ4n) is 3.50. The van der Waals surface area contributed by atoms with Crippen LogP contribution >= 0.6 is 0 Å². The number of hydrogen-bond donors (Lipinski definition) is 4. The van der Waals surface area contributed by atoms with Gasteiger partial charge in [0, 0.05) is 38.3 Å². The first-order chi connectivity index (χ1) is 13.1. The summed E-state index contributed by atoms with van der Waals surface area (Å²) in [6.07, 6.45) is 3.15. The van der Waals surface area contributed by atoms with E-state index in [4.69, 9.17) is 9.84 Å². The minimum Gasteiger partial charge on any atom is -0.481 e. The number of ether oxygens (including phenoxy) is 1. The highest BCUT2D eigenvalue weighted by Gasteiger charge is 2.26. The summed E-state index contributed by atoms with van der Waals surface area (Å²) in [4.78, 5) is 23.5. The van der Waals surface area contributed by atoms with Crippen LogP contribution in [0.25, 0.3) is 0 Å². The predicted molar refractivity (Wildman–Crippen MR) is 102 cm³/mol. The monoisotopic (exact) mass is 378 g/mol. The first-order valence-corrected chi connectivity index (χ1v) is 9.60. The Morgan fingerprint density at radius 2 is 1.81 bits per heavy atom. The van der Waals surface area contributed by atoms with Crippen LogP contribution in [0.3, 0.4) is 0 Å². The Morgan fingerprint density at radius 3 is 2.44 bits per heavy atom. The molecule has 1 heterocycles. The third-order valence-corrected chi connectivity index (χ3v) is 4.96. The zero-order valence-corrected chi connectivity index (χ0v) is 15.6. The quantitative estimate of drug-likeness (QED) is 0.498. The summed E-state index contributed by atoms with van der Waals surface area (Å²) < 4.78 is 5.37. The van der Waals surface area contributed by atoms with Gasteiger partial charge >= 0.3 is 12.0 Å². The molecule has 1 fully saturated rings. The topological polar surface area (TPSA) is 108 Å². The summed E-state index contributed by atoms with van der Waals surface area (Å²) in [6, 6.07) is 8.99. The number of rotatable bonds is 10. The van der Waals surface area contributed by atoms with Crippen LogP contribution in [0.4, 0.5) is 4.79 Å². The van der Waals surface area contributed by atoms with Gasteiger partial charge in [0.2, 0.25) is 0 Å². The molecule has 2 unspecified atom stereocenters. The summed E-state index contributed by atoms with van der Waals surface area (Å²) >= 11 is 0. The first kappa shape index (κ1) is 21.2. The molecule has 2 rings (SSSR count). The molecular weight excluding hydrogens is 348 g/mol. The Morgan fingerprint density at radius 1 is 1.11 bits per heavy atom. The number of aliphatic hydroxyl groups is 1. The summed E-state index contributed by atoms with van der Waals surface area (Å²) in [6.45, 7) is 1.35. The van der Waals surface area contributed by atoms with E-state index < -0.39 is 5.97 Å². The Kier molecular flexibility index (Phi) is 9.07. The fourth-order valence-corrected chi connectivity index (χ4v) is 3.50. The summed E-state index contributed by atoms with van der Waals surface area (Å²) in [5.74, 6) is -0.598. The van der Waals surface area contributed by atoms with E-state index in [9.17, 15) is 14.7 Å². The molecule has 1 aromatic carbocycles. The van der Waals surface area contributed by atoms with Crippen molar-refractivity contribution in [3.8, 4) is 0 Å². The number of aliphatic carboxylic acids is 1. The van der Waals surface area contributed by atoms with Crippen molar-refractivity contribution in [1.29, 1.82) is 0 Å². The molecule has 1 saturated heterocycles. The lowest BCUT2D eigenvalue weighted by Crippen LogP contribution is -2.50. The predicted octanol–water partition coefficient (Wildman–Crippen LogP) is 1.94. The Balaban J connectivity index is 1.94. The molecule has 2 amide bonds. The van der Waals surface area contributed by atoms with E-state index in [1.165, 1.54) is 0 Å². The van der Waals surface area contributed by atoms with Gasteiger partial charge in [-0.3, -0.25) is 4.79 Å². The molecule has 0 radical (unpaired) electrons. The number of hydrogen-bond acceptors (Lipinski definition) is 4. The van der Waals surface area contributed by atoms with Gasteiger partial charge in [-0.2, -0.15) is 0 Å². The maximum Gasteiger partial charge on any atom is 0.315 e. The summed E-state index contributed by atoms with van der Waals surface area (Å²) in [7, 11) is 0. The molecule has 0 aliphatic carbocycles. The lowest BCUT2D eigenvalue weighted by atomic mass is 9.90. The van der Waals surface area contributed by atoms with Crippen LogP contribution in [0.5, 0.6) is 0 Å². The second-order valence-corrected chi connectivity index (χ2v) is 7.01. The molecule has 0 spiro atoms. The number of benzene rings is 1. The van der Waals surface area contributed by atoms with Gasteiger partial charge in [-0.25, -0.2) is 4.79 Å². The molecule has 150 valence electrons. The van der Waals surface area contributed by atoms with Gasteiger partial charge in [0.15, 0.2) is 0 Å². The SMILES string of the molecule is O=C(O)CCC(Cc1ccccc1)NC(=O)NC(CCO)C1CCOCC1. The Bertz CT molecular complexity index is 575. The van der Waals surface area contributed by atoms with Crippen LogP contribution in [-0.4, -0.2) is 54.1 Å². The average molecular weight is 378 g/mol. The standard InChI is InChI=1S/C20H30N2O5/c23-11-8-18(16-9-12-27-13-10-16)22-20(26)21-17(6-7-19(24)25)14-15-4-2-1-3-5-15/h1-5,16-18,23H,6-14H2,(H,24,25)(H2,21,22,26). The van der Waals surface area contributed by atoms with Crippen molar-refractivity contribution < 1.29 is 24.5 Å². The molecule has 1 aliphatic rings. The molecule has 2 atom stereocenters. The van der Waals surface area contributed by atoms with Crippen LogP contribution in [0.1, 0.15) is 37.7 Å². The number of aliphatic hydroxyl groups excluding tert-OH is 1. The van der Waals surface area contributed by atoms with Crippen molar-refractivity contribution in [2.24, 2.45) is 5.92 Å². The number of amides is 2. The molecule has 7 nitrogen and oxygen atoms in total. The van der Waals surface area contributed by atoms with Crippen molar-refractivity contribution in [2.45, 2.75) is 50.6 Å². The third-order valence-electron chi connectivity index (χ3n) is 4.96. The van der Waals surface area contributed by atoms with Crippen molar-refractivity contribution in [1.82, 2.24) is 10.6 Å². The zero-order valence-electron chi connectivity index (χ0n) is 15.6.